The number of aromatic amines is 1. The molecule has 1 amide bonds. The van der Waals surface area contributed by atoms with Crippen molar-refractivity contribution in [1.29, 1.82) is 0 Å². The van der Waals surface area contributed by atoms with E-state index in [9.17, 15) is 4.79 Å². The number of hydrogen-bond acceptors (Lipinski definition) is 4. The summed E-state index contributed by atoms with van der Waals surface area (Å²) in [4.78, 5) is 15.7. The van der Waals surface area contributed by atoms with Crippen LogP contribution in [0.25, 0.3) is 10.9 Å². The number of fused-ring (bicyclic) bond motifs is 1. The molecule has 28 heavy (non-hydrogen) atoms. The van der Waals surface area contributed by atoms with Crippen LogP contribution in [0.1, 0.15) is 29.9 Å². The van der Waals surface area contributed by atoms with Gasteiger partial charge in [-0.05, 0) is 49.7 Å². The van der Waals surface area contributed by atoms with Crippen LogP contribution in [-0.2, 0) is 0 Å². The Kier molecular flexibility index (Phi) is 5.59. The Hall–Kier alpha value is -3.81. The highest BCUT2D eigenvalue weighted by molar-refractivity contribution is 6.06. The minimum atomic E-state index is -0.208. The van der Waals surface area contributed by atoms with E-state index in [2.05, 4.69) is 25.8 Å². The molecule has 0 saturated heterocycles. The van der Waals surface area contributed by atoms with Crippen molar-refractivity contribution in [3.05, 3.63) is 59.8 Å². The molecule has 0 saturated carbocycles. The lowest BCUT2D eigenvalue weighted by molar-refractivity contribution is 0.102. The molecule has 8 heteroatoms. The largest absolute Gasteiger partial charge is 0.385 e. The molecule has 2 aromatic carbocycles. The molecule has 0 spiro atoms. The van der Waals surface area contributed by atoms with Gasteiger partial charge in [-0.3, -0.25) is 4.79 Å². The molecule has 0 radical (unpaired) electrons. The van der Waals surface area contributed by atoms with E-state index in [1.807, 2.05) is 43.3 Å². The number of H-pyrrole nitrogens is 1. The van der Waals surface area contributed by atoms with E-state index >= 15 is 0 Å². The lowest BCUT2D eigenvalue weighted by atomic mass is 10.1. The molecule has 0 bridgehead atoms. The Bertz CT molecular complexity index is 1040. The number of aromatic nitrogens is 1. The molecular formula is C20H23N7O. The number of hydrogen-bond donors (Lipinski definition) is 5. The van der Waals surface area contributed by atoms with E-state index in [1.165, 1.54) is 0 Å². The number of anilines is 2. The summed E-state index contributed by atoms with van der Waals surface area (Å²) >= 11 is 0. The predicted octanol–water partition coefficient (Wildman–Crippen LogP) is 2.85. The number of carbonyl (C=O) groups excluding carboxylic acids is 1. The Morgan fingerprint density at radius 2 is 1.75 bits per heavy atom. The first-order valence-electron chi connectivity index (χ1n) is 8.88. The molecule has 3 aromatic rings. The highest BCUT2D eigenvalue weighted by Crippen LogP contribution is 2.21. The van der Waals surface area contributed by atoms with Gasteiger partial charge in [0.25, 0.3) is 5.91 Å². The van der Waals surface area contributed by atoms with Crippen LogP contribution in [0.5, 0.6) is 0 Å². The van der Waals surface area contributed by atoms with E-state index in [1.54, 1.807) is 19.1 Å². The van der Waals surface area contributed by atoms with Crippen LogP contribution in [0.15, 0.2) is 58.7 Å². The van der Waals surface area contributed by atoms with Crippen molar-refractivity contribution in [2.24, 2.45) is 21.7 Å². The zero-order chi connectivity index (χ0) is 20.1. The first-order valence-corrected chi connectivity index (χ1v) is 8.88. The molecule has 0 aliphatic heterocycles. The Morgan fingerprint density at radius 3 is 2.43 bits per heavy atom. The fraction of sp³-hybridized carbons (Fsp3) is 0.150. The molecule has 8 nitrogen and oxygen atoms in total. The molecule has 0 aliphatic rings. The third-order valence-electron chi connectivity index (χ3n) is 4.12. The number of amides is 1. The number of nitrogens with two attached hydrogens (primary N) is 2. The summed E-state index contributed by atoms with van der Waals surface area (Å²) in [6.07, 6.45) is 0. The lowest BCUT2D eigenvalue weighted by Gasteiger charge is -2.05. The molecule has 0 fully saturated rings. The quantitative estimate of drug-likeness (QED) is 0.256. The molecule has 3 rings (SSSR count). The normalized spacial score (nSPS) is 11.3. The van der Waals surface area contributed by atoms with Gasteiger partial charge in [-0.25, -0.2) is 0 Å². The number of rotatable bonds is 6. The number of nitrogens with one attached hydrogen (secondary N) is 3. The van der Waals surface area contributed by atoms with E-state index in [0.717, 1.165) is 28.7 Å². The molecule has 1 heterocycles. The Morgan fingerprint density at radius 1 is 1.04 bits per heavy atom. The fourth-order valence-electron chi connectivity index (χ4n) is 2.75. The summed E-state index contributed by atoms with van der Waals surface area (Å²) in [5.74, 6) is -0.306. The monoisotopic (exact) mass is 377 g/mol. The van der Waals surface area contributed by atoms with Crippen molar-refractivity contribution < 1.29 is 4.79 Å². The maximum Gasteiger partial charge on any atom is 0.272 e. The molecule has 1 aromatic heterocycles. The highest BCUT2D eigenvalue weighted by Gasteiger charge is 2.10. The topological polar surface area (TPSA) is 134 Å². The second kappa shape index (κ2) is 8.26. The third kappa shape index (κ3) is 4.47. The van der Waals surface area contributed by atoms with Crippen molar-refractivity contribution in [2.75, 3.05) is 17.2 Å². The maximum absolute atomic E-state index is 12.6. The summed E-state index contributed by atoms with van der Waals surface area (Å²) in [6, 6.07) is 15.1. The van der Waals surface area contributed by atoms with Crippen LogP contribution in [0.3, 0.4) is 0 Å². The Labute approximate surface area is 162 Å². The first-order chi connectivity index (χ1) is 13.5. The second-order valence-electron chi connectivity index (χ2n) is 6.26. The van der Waals surface area contributed by atoms with Crippen molar-refractivity contribution in [1.82, 2.24) is 4.98 Å². The van der Waals surface area contributed by atoms with Crippen LogP contribution in [0, 0.1) is 0 Å². The third-order valence-corrected chi connectivity index (χ3v) is 4.12. The van der Waals surface area contributed by atoms with Crippen LogP contribution in [0.4, 0.5) is 11.4 Å². The van der Waals surface area contributed by atoms with Gasteiger partial charge < -0.3 is 27.1 Å². The number of benzene rings is 2. The van der Waals surface area contributed by atoms with Crippen molar-refractivity contribution in [3.63, 3.8) is 0 Å². The molecule has 0 aliphatic carbocycles. The van der Waals surface area contributed by atoms with Gasteiger partial charge in [-0.1, -0.05) is 18.2 Å². The van der Waals surface area contributed by atoms with E-state index in [0.29, 0.717) is 17.1 Å². The number of carbonyl (C=O) groups is 1. The summed E-state index contributed by atoms with van der Waals surface area (Å²) in [7, 11) is 0. The van der Waals surface area contributed by atoms with Gasteiger partial charge >= 0.3 is 0 Å². The summed E-state index contributed by atoms with van der Waals surface area (Å²) < 4.78 is 0. The van der Waals surface area contributed by atoms with E-state index in [4.69, 9.17) is 11.5 Å². The van der Waals surface area contributed by atoms with Crippen LogP contribution < -0.4 is 22.1 Å². The zero-order valence-electron chi connectivity index (χ0n) is 15.8. The summed E-state index contributed by atoms with van der Waals surface area (Å²) in [5, 5.41) is 14.7. The average molecular weight is 377 g/mol. The van der Waals surface area contributed by atoms with Gasteiger partial charge in [0.2, 0.25) is 5.96 Å². The zero-order valence-corrected chi connectivity index (χ0v) is 15.8. The van der Waals surface area contributed by atoms with Crippen LogP contribution >= 0.6 is 0 Å². The van der Waals surface area contributed by atoms with Crippen molar-refractivity contribution in [3.8, 4) is 0 Å². The standard InChI is InChI=1S/C20H23N7O/c1-3-23-16-9-6-14-10-18(25-17(14)11-16)19(28)24-15-7-4-13(5-8-15)12(2)26-27-20(21)22/h4-11,23,25H,3H2,1-2H3,(H,24,28)(H4,21,22,27). The van der Waals surface area contributed by atoms with Gasteiger partial charge in [0, 0.05) is 28.8 Å². The van der Waals surface area contributed by atoms with Gasteiger partial charge in [0.05, 0.1) is 5.71 Å². The van der Waals surface area contributed by atoms with Gasteiger partial charge in [0.15, 0.2) is 0 Å². The van der Waals surface area contributed by atoms with E-state index in [-0.39, 0.29) is 11.9 Å². The molecular weight excluding hydrogens is 354 g/mol. The first kappa shape index (κ1) is 19.0. The van der Waals surface area contributed by atoms with Gasteiger partial charge in [-0.15, -0.1) is 5.10 Å². The summed E-state index contributed by atoms with van der Waals surface area (Å²) in [6.45, 7) is 4.68. The predicted molar refractivity (Wildman–Crippen MR) is 115 cm³/mol. The number of guanidine groups is 1. The lowest BCUT2D eigenvalue weighted by Crippen LogP contribution is -2.22. The molecule has 7 N–H and O–H groups in total. The molecule has 0 unspecified atom stereocenters. The van der Waals surface area contributed by atoms with Crippen LogP contribution in [0.2, 0.25) is 0 Å². The van der Waals surface area contributed by atoms with E-state index < -0.39 is 0 Å². The maximum atomic E-state index is 12.6. The fourth-order valence-corrected chi connectivity index (χ4v) is 2.75. The van der Waals surface area contributed by atoms with Crippen molar-refractivity contribution in [2.45, 2.75) is 13.8 Å². The molecule has 0 atom stereocenters. The Balaban J connectivity index is 1.73. The minimum absolute atomic E-state index is 0.0980. The van der Waals surface area contributed by atoms with Crippen LogP contribution in [-0.4, -0.2) is 29.1 Å². The smallest absolute Gasteiger partial charge is 0.272 e. The number of nitrogens with zero attached hydrogens (tertiary/aromatic N) is 2. The average Bonchev–Trinajstić information content (AvgIpc) is 3.10. The molecule has 144 valence electrons. The SMILES string of the molecule is CCNc1ccc2cc(C(=O)Nc3ccc(C(C)=NN=C(N)N)cc3)[nH]c2c1. The highest BCUT2D eigenvalue weighted by atomic mass is 16.1. The van der Waals surface area contributed by atoms with Crippen molar-refractivity contribution >= 4 is 39.9 Å². The van der Waals surface area contributed by atoms with Gasteiger partial charge in [0.1, 0.15) is 5.69 Å². The minimum Gasteiger partial charge on any atom is -0.385 e. The van der Waals surface area contributed by atoms with Gasteiger partial charge in [-0.2, -0.15) is 5.10 Å². The second-order valence-corrected chi connectivity index (χ2v) is 6.26. The summed E-state index contributed by atoms with van der Waals surface area (Å²) in [5.41, 5.74) is 15.2.